The lowest BCUT2D eigenvalue weighted by Gasteiger charge is -2.21. The second-order valence-corrected chi connectivity index (χ2v) is 5.04. The minimum absolute atomic E-state index is 0.180. The van der Waals surface area contributed by atoms with E-state index in [4.69, 9.17) is 4.74 Å². The molecule has 0 amide bonds. The van der Waals surface area contributed by atoms with E-state index in [1.165, 1.54) is 6.07 Å². The van der Waals surface area contributed by atoms with Crippen molar-refractivity contribution in [2.75, 3.05) is 13.2 Å². The number of thioether (sulfide) groups is 1. The van der Waals surface area contributed by atoms with Gasteiger partial charge in [0, 0.05) is 23.4 Å². The highest BCUT2D eigenvalue weighted by atomic mass is 32.2. The molecule has 0 saturated carbocycles. The SMILES string of the molecule is O=Cc1c(F)cccc1SC1CCOCC1. The molecule has 1 aliphatic heterocycles. The van der Waals surface area contributed by atoms with Gasteiger partial charge in [0.1, 0.15) is 5.82 Å². The Bertz CT molecular complexity index is 375. The molecule has 0 bridgehead atoms. The lowest BCUT2D eigenvalue weighted by molar-refractivity contribution is 0.1000. The summed E-state index contributed by atoms with van der Waals surface area (Å²) >= 11 is 1.58. The van der Waals surface area contributed by atoms with Gasteiger partial charge in [0.25, 0.3) is 0 Å². The van der Waals surface area contributed by atoms with E-state index < -0.39 is 5.82 Å². The highest BCUT2D eigenvalue weighted by Crippen LogP contribution is 2.32. The maximum Gasteiger partial charge on any atom is 0.154 e. The summed E-state index contributed by atoms with van der Waals surface area (Å²) in [6.07, 6.45) is 2.51. The van der Waals surface area contributed by atoms with Gasteiger partial charge >= 0.3 is 0 Å². The van der Waals surface area contributed by atoms with Crippen LogP contribution in [0, 0.1) is 5.82 Å². The predicted octanol–water partition coefficient (Wildman–Crippen LogP) is 2.91. The molecule has 0 spiro atoms. The summed E-state index contributed by atoms with van der Waals surface area (Å²) in [7, 11) is 0. The van der Waals surface area contributed by atoms with Gasteiger partial charge in [0.15, 0.2) is 6.29 Å². The molecule has 16 heavy (non-hydrogen) atoms. The lowest BCUT2D eigenvalue weighted by atomic mass is 10.2. The molecule has 0 unspecified atom stereocenters. The summed E-state index contributed by atoms with van der Waals surface area (Å²) in [5.74, 6) is -0.438. The third-order valence-electron chi connectivity index (χ3n) is 2.59. The molecule has 86 valence electrons. The highest BCUT2D eigenvalue weighted by molar-refractivity contribution is 8.00. The van der Waals surface area contributed by atoms with E-state index in [0.717, 1.165) is 31.0 Å². The van der Waals surface area contributed by atoms with Crippen molar-refractivity contribution >= 4 is 18.0 Å². The Morgan fingerprint density at radius 1 is 1.38 bits per heavy atom. The van der Waals surface area contributed by atoms with Crippen LogP contribution in [0.25, 0.3) is 0 Å². The summed E-state index contributed by atoms with van der Waals surface area (Å²) in [6.45, 7) is 1.51. The molecular weight excluding hydrogens is 227 g/mol. The molecule has 0 atom stereocenters. The zero-order valence-electron chi connectivity index (χ0n) is 8.82. The van der Waals surface area contributed by atoms with E-state index in [1.54, 1.807) is 23.9 Å². The van der Waals surface area contributed by atoms with Gasteiger partial charge in [-0.1, -0.05) is 6.07 Å². The maximum absolute atomic E-state index is 13.3. The molecule has 2 nitrogen and oxygen atoms in total. The van der Waals surface area contributed by atoms with Crippen LogP contribution < -0.4 is 0 Å². The van der Waals surface area contributed by atoms with Gasteiger partial charge < -0.3 is 4.74 Å². The maximum atomic E-state index is 13.3. The van der Waals surface area contributed by atoms with Gasteiger partial charge in [0.2, 0.25) is 0 Å². The molecule has 1 aromatic carbocycles. The van der Waals surface area contributed by atoms with Gasteiger partial charge in [-0.15, -0.1) is 11.8 Å². The van der Waals surface area contributed by atoms with Crippen LogP contribution in [-0.2, 0) is 4.74 Å². The zero-order valence-corrected chi connectivity index (χ0v) is 9.63. The van der Waals surface area contributed by atoms with Crippen LogP contribution in [0.15, 0.2) is 23.1 Å². The van der Waals surface area contributed by atoms with E-state index in [2.05, 4.69) is 0 Å². The van der Waals surface area contributed by atoms with E-state index >= 15 is 0 Å². The number of ether oxygens (including phenoxy) is 1. The second-order valence-electron chi connectivity index (χ2n) is 3.70. The summed E-state index contributed by atoms with van der Waals surface area (Å²) in [5.41, 5.74) is 0.180. The van der Waals surface area contributed by atoms with Gasteiger partial charge in [-0.25, -0.2) is 4.39 Å². The quantitative estimate of drug-likeness (QED) is 0.760. The first kappa shape index (κ1) is 11.6. The van der Waals surface area contributed by atoms with E-state index in [1.807, 2.05) is 0 Å². The molecule has 1 aliphatic rings. The predicted molar refractivity (Wildman–Crippen MR) is 61.5 cm³/mol. The fraction of sp³-hybridized carbons (Fsp3) is 0.417. The van der Waals surface area contributed by atoms with Crippen molar-refractivity contribution in [3.8, 4) is 0 Å². The van der Waals surface area contributed by atoms with Crippen LogP contribution in [0.2, 0.25) is 0 Å². The third kappa shape index (κ3) is 2.62. The number of aldehydes is 1. The first-order valence-electron chi connectivity index (χ1n) is 5.29. The standard InChI is InChI=1S/C12H13FO2S/c13-11-2-1-3-12(10(11)8-14)16-9-4-6-15-7-5-9/h1-3,8-9H,4-7H2. The molecule has 0 radical (unpaired) electrons. The van der Waals surface area contributed by atoms with Crippen molar-refractivity contribution in [3.05, 3.63) is 29.6 Å². The summed E-state index contributed by atoms with van der Waals surface area (Å²) in [5, 5.41) is 0.425. The molecule has 0 N–H and O–H groups in total. The van der Waals surface area contributed by atoms with Gasteiger partial charge in [0.05, 0.1) is 5.56 Å². The minimum atomic E-state index is -0.438. The number of rotatable bonds is 3. The molecule has 1 aromatic rings. The lowest BCUT2D eigenvalue weighted by Crippen LogP contribution is -2.17. The Balaban J connectivity index is 2.13. The van der Waals surface area contributed by atoms with Crippen LogP contribution in [0.5, 0.6) is 0 Å². The third-order valence-corrected chi connectivity index (χ3v) is 4.01. The van der Waals surface area contributed by atoms with Crippen LogP contribution in [0.3, 0.4) is 0 Å². The van der Waals surface area contributed by atoms with Crippen molar-refractivity contribution in [2.45, 2.75) is 23.0 Å². The number of benzene rings is 1. The largest absolute Gasteiger partial charge is 0.381 e. The minimum Gasteiger partial charge on any atom is -0.381 e. The van der Waals surface area contributed by atoms with E-state index in [9.17, 15) is 9.18 Å². The smallest absolute Gasteiger partial charge is 0.154 e. The Morgan fingerprint density at radius 3 is 2.81 bits per heavy atom. The Kier molecular flexibility index (Phi) is 3.96. The number of carbonyl (C=O) groups excluding carboxylic acids is 1. The summed E-state index contributed by atoms with van der Waals surface area (Å²) in [4.78, 5) is 11.5. The number of carbonyl (C=O) groups is 1. The van der Waals surface area contributed by atoms with Crippen LogP contribution in [0.1, 0.15) is 23.2 Å². The molecular formula is C12H13FO2S. The number of halogens is 1. The summed E-state index contributed by atoms with van der Waals surface area (Å²) in [6, 6.07) is 4.76. The Labute approximate surface area is 98.2 Å². The van der Waals surface area contributed by atoms with Gasteiger partial charge in [-0.3, -0.25) is 4.79 Å². The molecule has 1 saturated heterocycles. The highest BCUT2D eigenvalue weighted by Gasteiger charge is 2.17. The van der Waals surface area contributed by atoms with E-state index in [0.29, 0.717) is 11.5 Å². The van der Waals surface area contributed by atoms with Crippen molar-refractivity contribution in [2.24, 2.45) is 0 Å². The normalized spacial score (nSPS) is 17.3. The average molecular weight is 240 g/mol. The molecule has 4 heteroatoms. The van der Waals surface area contributed by atoms with Crippen LogP contribution >= 0.6 is 11.8 Å². The molecule has 2 rings (SSSR count). The van der Waals surface area contributed by atoms with Crippen molar-refractivity contribution < 1.29 is 13.9 Å². The fourth-order valence-electron chi connectivity index (χ4n) is 1.71. The molecule has 0 aliphatic carbocycles. The Hall–Kier alpha value is -0.870. The number of hydrogen-bond donors (Lipinski definition) is 0. The fourth-order valence-corrected chi connectivity index (χ4v) is 2.92. The molecule has 0 aromatic heterocycles. The van der Waals surface area contributed by atoms with Crippen molar-refractivity contribution in [1.29, 1.82) is 0 Å². The average Bonchev–Trinajstić information content (AvgIpc) is 2.31. The van der Waals surface area contributed by atoms with Crippen LogP contribution in [-0.4, -0.2) is 24.7 Å². The zero-order chi connectivity index (χ0) is 11.4. The summed E-state index contributed by atoms with van der Waals surface area (Å²) < 4.78 is 18.6. The Morgan fingerprint density at radius 2 is 2.12 bits per heavy atom. The van der Waals surface area contributed by atoms with Gasteiger partial charge in [-0.2, -0.15) is 0 Å². The van der Waals surface area contributed by atoms with Crippen molar-refractivity contribution in [3.63, 3.8) is 0 Å². The van der Waals surface area contributed by atoms with Crippen molar-refractivity contribution in [1.82, 2.24) is 0 Å². The first-order chi connectivity index (χ1) is 7.81. The monoisotopic (exact) mass is 240 g/mol. The first-order valence-corrected chi connectivity index (χ1v) is 6.17. The topological polar surface area (TPSA) is 26.3 Å². The van der Waals surface area contributed by atoms with Crippen LogP contribution in [0.4, 0.5) is 4.39 Å². The number of hydrogen-bond acceptors (Lipinski definition) is 3. The molecule has 1 fully saturated rings. The van der Waals surface area contributed by atoms with Gasteiger partial charge in [-0.05, 0) is 25.0 Å². The molecule has 1 heterocycles. The van der Waals surface area contributed by atoms with E-state index in [-0.39, 0.29) is 5.56 Å². The second kappa shape index (κ2) is 5.46.